The van der Waals surface area contributed by atoms with Crippen molar-refractivity contribution in [3.8, 4) is 17.4 Å². The molecule has 0 spiro atoms. The van der Waals surface area contributed by atoms with Crippen LogP contribution < -0.4 is 10.1 Å². The molecule has 0 radical (unpaired) electrons. The zero-order valence-corrected chi connectivity index (χ0v) is 18.2. The number of imidazole rings is 1. The number of halogens is 1. The predicted molar refractivity (Wildman–Crippen MR) is 124 cm³/mol. The molecule has 0 fully saturated rings. The third-order valence-corrected chi connectivity index (χ3v) is 5.13. The lowest BCUT2D eigenvalue weighted by Gasteiger charge is -2.07. The zero-order valence-electron chi connectivity index (χ0n) is 17.5. The third kappa shape index (κ3) is 5.01. The summed E-state index contributed by atoms with van der Waals surface area (Å²) in [5, 5.41) is 11.7. The van der Waals surface area contributed by atoms with Crippen LogP contribution in [0.3, 0.4) is 0 Å². The molecule has 2 aromatic heterocycles. The molecule has 8 heteroatoms. The van der Waals surface area contributed by atoms with Gasteiger partial charge in [-0.15, -0.1) is 10.2 Å². The van der Waals surface area contributed by atoms with Gasteiger partial charge in [0.2, 0.25) is 11.8 Å². The van der Waals surface area contributed by atoms with E-state index in [9.17, 15) is 4.79 Å². The van der Waals surface area contributed by atoms with Gasteiger partial charge in [0, 0.05) is 28.5 Å². The Hall–Kier alpha value is -3.97. The Morgan fingerprint density at radius 2 is 1.81 bits per heavy atom. The lowest BCUT2D eigenvalue weighted by Crippen LogP contribution is -2.07. The summed E-state index contributed by atoms with van der Waals surface area (Å²) in [5.74, 6) is 1.34. The highest BCUT2D eigenvalue weighted by atomic mass is 35.5. The van der Waals surface area contributed by atoms with Crippen molar-refractivity contribution in [2.45, 2.75) is 13.8 Å². The number of nitrogens with zero attached hydrogens (tertiary/aromatic N) is 4. The normalized spacial score (nSPS) is 11.0. The number of benzene rings is 2. The second-order valence-electron chi connectivity index (χ2n) is 6.99. The van der Waals surface area contributed by atoms with Gasteiger partial charge >= 0.3 is 0 Å². The maximum absolute atomic E-state index is 12.2. The first-order valence-corrected chi connectivity index (χ1v) is 10.2. The van der Waals surface area contributed by atoms with E-state index in [1.54, 1.807) is 48.8 Å². The molecule has 2 aromatic carbocycles. The van der Waals surface area contributed by atoms with Crippen LogP contribution in [0.2, 0.25) is 5.02 Å². The number of anilines is 1. The van der Waals surface area contributed by atoms with Crippen LogP contribution in [0.15, 0.2) is 73.1 Å². The molecule has 0 bridgehead atoms. The maximum atomic E-state index is 12.2. The summed E-state index contributed by atoms with van der Waals surface area (Å²) in [6, 6.07) is 17.8. The average molecular weight is 446 g/mol. The molecule has 4 rings (SSSR count). The molecule has 1 N–H and O–H groups in total. The summed E-state index contributed by atoms with van der Waals surface area (Å²) in [6.45, 7) is 3.92. The first-order valence-electron chi connectivity index (χ1n) is 9.86. The number of hydrogen-bond acceptors (Lipinski definition) is 5. The predicted octanol–water partition coefficient (Wildman–Crippen LogP) is 5.38. The molecule has 4 aromatic rings. The Labute approximate surface area is 190 Å². The first-order chi connectivity index (χ1) is 15.5. The summed E-state index contributed by atoms with van der Waals surface area (Å²) in [7, 11) is 0. The minimum absolute atomic E-state index is 0.259. The molecular weight excluding hydrogens is 426 g/mol. The Morgan fingerprint density at radius 3 is 2.47 bits per heavy atom. The summed E-state index contributed by atoms with van der Waals surface area (Å²) in [6.07, 6.45) is 4.82. The SMILES string of the molecule is Cc1ncn(-c2ccc(Oc3ccc(NC(=O)/C=C/c4ccccc4Cl)cc3)nn2)c1C. The number of hydrogen-bond donors (Lipinski definition) is 1. The molecule has 0 aliphatic carbocycles. The lowest BCUT2D eigenvalue weighted by molar-refractivity contribution is -0.111. The molecule has 2 heterocycles. The fourth-order valence-corrected chi connectivity index (χ4v) is 3.11. The van der Waals surface area contributed by atoms with E-state index in [0.717, 1.165) is 17.0 Å². The molecule has 0 atom stereocenters. The fraction of sp³-hybridized carbons (Fsp3) is 0.0833. The Balaban J connectivity index is 1.36. The van der Waals surface area contributed by atoms with Gasteiger partial charge in [-0.2, -0.15) is 0 Å². The van der Waals surface area contributed by atoms with Gasteiger partial charge in [0.25, 0.3) is 0 Å². The van der Waals surface area contributed by atoms with E-state index in [4.69, 9.17) is 16.3 Å². The molecule has 0 aliphatic heterocycles. The van der Waals surface area contributed by atoms with Crippen LogP contribution in [0.1, 0.15) is 17.0 Å². The van der Waals surface area contributed by atoms with Crippen LogP contribution in [-0.2, 0) is 4.79 Å². The summed E-state index contributed by atoms with van der Waals surface area (Å²) in [4.78, 5) is 16.4. The van der Waals surface area contributed by atoms with Gasteiger partial charge in [-0.05, 0) is 61.9 Å². The van der Waals surface area contributed by atoms with Gasteiger partial charge in [-0.25, -0.2) is 4.98 Å². The standard InChI is InChI=1S/C24H20ClN5O2/c1-16-17(2)30(15-26-16)22-12-14-24(29-28-22)32-20-10-8-19(9-11-20)27-23(31)13-7-18-5-3-4-6-21(18)25/h3-15H,1-2H3,(H,27,31)/b13-7+. The van der Waals surface area contributed by atoms with E-state index in [-0.39, 0.29) is 5.91 Å². The smallest absolute Gasteiger partial charge is 0.248 e. The van der Waals surface area contributed by atoms with Crippen LogP contribution in [0.5, 0.6) is 11.6 Å². The first kappa shape index (κ1) is 21.3. The number of amides is 1. The summed E-state index contributed by atoms with van der Waals surface area (Å²) >= 11 is 6.09. The Morgan fingerprint density at radius 1 is 1.03 bits per heavy atom. The van der Waals surface area contributed by atoms with Crippen molar-refractivity contribution >= 4 is 29.3 Å². The highest BCUT2D eigenvalue weighted by Gasteiger charge is 2.07. The number of nitrogens with one attached hydrogen (secondary N) is 1. The van der Waals surface area contributed by atoms with Gasteiger partial charge in [0.1, 0.15) is 12.1 Å². The highest BCUT2D eigenvalue weighted by molar-refractivity contribution is 6.32. The van der Waals surface area contributed by atoms with Crippen LogP contribution >= 0.6 is 11.6 Å². The van der Waals surface area contributed by atoms with Gasteiger partial charge < -0.3 is 10.1 Å². The van der Waals surface area contributed by atoms with Gasteiger partial charge in [-0.3, -0.25) is 9.36 Å². The van der Waals surface area contributed by atoms with E-state index in [2.05, 4.69) is 20.5 Å². The van der Waals surface area contributed by atoms with Crippen LogP contribution in [-0.4, -0.2) is 25.7 Å². The summed E-state index contributed by atoms with van der Waals surface area (Å²) < 4.78 is 7.61. The van der Waals surface area contributed by atoms with E-state index in [1.807, 2.05) is 42.7 Å². The molecule has 0 saturated heterocycles. The lowest BCUT2D eigenvalue weighted by atomic mass is 10.2. The highest BCUT2D eigenvalue weighted by Crippen LogP contribution is 2.22. The Kier molecular flexibility index (Phi) is 6.28. The number of rotatable bonds is 6. The van der Waals surface area contributed by atoms with Crippen LogP contribution in [0.25, 0.3) is 11.9 Å². The number of ether oxygens (including phenoxy) is 1. The fourth-order valence-electron chi connectivity index (χ4n) is 2.91. The summed E-state index contributed by atoms with van der Waals surface area (Å²) in [5.41, 5.74) is 3.36. The van der Waals surface area contributed by atoms with E-state index >= 15 is 0 Å². The number of aryl methyl sites for hydroxylation is 1. The van der Waals surface area contributed by atoms with Crippen molar-refractivity contribution in [1.82, 2.24) is 19.7 Å². The number of aromatic nitrogens is 4. The molecule has 160 valence electrons. The molecule has 0 unspecified atom stereocenters. The Bertz CT molecular complexity index is 1260. The van der Waals surface area contributed by atoms with Crippen molar-refractivity contribution in [3.63, 3.8) is 0 Å². The van der Waals surface area contributed by atoms with Crippen molar-refractivity contribution in [3.05, 3.63) is 95.0 Å². The third-order valence-electron chi connectivity index (χ3n) is 4.79. The topological polar surface area (TPSA) is 81.9 Å². The van der Waals surface area contributed by atoms with Gasteiger partial charge in [0.15, 0.2) is 5.82 Å². The minimum Gasteiger partial charge on any atom is -0.438 e. The number of carbonyl (C=O) groups is 1. The van der Waals surface area contributed by atoms with Crippen molar-refractivity contribution in [2.24, 2.45) is 0 Å². The molecule has 1 amide bonds. The van der Waals surface area contributed by atoms with E-state index < -0.39 is 0 Å². The second-order valence-corrected chi connectivity index (χ2v) is 7.39. The van der Waals surface area contributed by atoms with Gasteiger partial charge in [-0.1, -0.05) is 29.8 Å². The molecular formula is C24H20ClN5O2. The van der Waals surface area contributed by atoms with Crippen molar-refractivity contribution in [2.75, 3.05) is 5.32 Å². The zero-order chi connectivity index (χ0) is 22.5. The van der Waals surface area contributed by atoms with Crippen molar-refractivity contribution < 1.29 is 9.53 Å². The van der Waals surface area contributed by atoms with Crippen LogP contribution in [0, 0.1) is 13.8 Å². The monoisotopic (exact) mass is 445 g/mol. The average Bonchev–Trinajstić information content (AvgIpc) is 3.13. The molecule has 0 saturated carbocycles. The molecule has 32 heavy (non-hydrogen) atoms. The quantitative estimate of drug-likeness (QED) is 0.403. The van der Waals surface area contributed by atoms with E-state index in [1.165, 1.54) is 6.08 Å². The maximum Gasteiger partial charge on any atom is 0.248 e. The minimum atomic E-state index is -0.259. The molecule has 7 nitrogen and oxygen atoms in total. The van der Waals surface area contributed by atoms with Crippen LogP contribution in [0.4, 0.5) is 5.69 Å². The largest absolute Gasteiger partial charge is 0.438 e. The van der Waals surface area contributed by atoms with Crippen molar-refractivity contribution in [1.29, 1.82) is 0 Å². The second kappa shape index (κ2) is 9.45. The molecule has 0 aliphatic rings. The van der Waals surface area contributed by atoms with E-state index in [0.29, 0.717) is 28.2 Å². The van der Waals surface area contributed by atoms with Gasteiger partial charge in [0.05, 0.1) is 5.69 Å². The number of carbonyl (C=O) groups excluding carboxylic acids is 1.